The Morgan fingerprint density at radius 1 is 1.00 bits per heavy atom. The van der Waals surface area contributed by atoms with Gasteiger partial charge in [0.05, 0.1) is 10.5 Å². The van der Waals surface area contributed by atoms with Crippen molar-refractivity contribution >= 4 is 34.2 Å². The van der Waals surface area contributed by atoms with Crippen molar-refractivity contribution in [1.29, 1.82) is 0 Å². The second-order valence-corrected chi connectivity index (χ2v) is 5.51. The number of benzene rings is 2. The lowest BCUT2D eigenvalue weighted by Crippen LogP contribution is -1.82. The molecule has 1 N–H and O–H groups in total. The lowest BCUT2D eigenvalue weighted by atomic mass is 10.1. The van der Waals surface area contributed by atoms with Gasteiger partial charge in [-0.2, -0.15) is 0 Å². The average Bonchev–Trinajstić information content (AvgIpc) is 2.76. The molecule has 0 atom stereocenters. The van der Waals surface area contributed by atoms with Gasteiger partial charge in [-0.05, 0) is 43.2 Å². The van der Waals surface area contributed by atoms with E-state index in [-0.39, 0.29) is 0 Å². The van der Waals surface area contributed by atoms with Crippen LogP contribution in [-0.2, 0) is 0 Å². The first-order valence-corrected chi connectivity index (χ1v) is 6.72. The molecule has 0 spiro atoms. The molecule has 3 rings (SSSR count). The summed E-state index contributed by atoms with van der Waals surface area (Å²) >= 11 is 12.4. The Hall–Kier alpha value is -1.51. The predicted octanol–water partition coefficient (Wildman–Crippen LogP) is 5.15. The summed E-state index contributed by atoms with van der Waals surface area (Å²) in [4.78, 5) is 7.83. The van der Waals surface area contributed by atoms with Gasteiger partial charge in [-0.3, -0.25) is 0 Å². The fourth-order valence-electron chi connectivity index (χ4n) is 2.09. The van der Waals surface area contributed by atoms with Gasteiger partial charge in [-0.25, -0.2) is 4.98 Å². The molecule has 0 saturated heterocycles. The van der Waals surface area contributed by atoms with E-state index in [9.17, 15) is 0 Å². The molecule has 0 amide bonds. The minimum atomic E-state index is 0.663. The van der Waals surface area contributed by atoms with Gasteiger partial charge in [0.15, 0.2) is 0 Å². The minimum absolute atomic E-state index is 0.663. The number of H-pyrrole nitrogens is 1. The summed E-state index contributed by atoms with van der Waals surface area (Å²) in [7, 11) is 0. The third-order valence-electron chi connectivity index (χ3n) is 3.13. The molecule has 4 heteroatoms. The third-order valence-corrected chi connectivity index (χ3v) is 3.83. The molecule has 0 aliphatic heterocycles. The van der Waals surface area contributed by atoms with E-state index in [0.29, 0.717) is 5.02 Å². The van der Waals surface area contributed by atoms with Crippen LogP contribution in [0.4, 0.5) is 0 Å². The molecule has 2 nitrogen and oxygen atoms in total. The van der Waals surface area contributed by atoms with E-state index in [4.69, 9.17) is 23.2 Å². The molecule has 2 aromatic carbocycles. The Morgan fingerprint density at radius 3 is 2.53 bits per heavy atom. The molecule has 0 unspecified atom stereocenters. The van der Waals surface area contributed by atoms with Gasteiger partial charge < -0.3 is 4.98 Å². The SMILES string of the molecule is Cc1cc(Cl)c2nc(-c3ccc(C)c(Cl)c3)[nH]c2c1. The van der Waals surface area contributed by atoms with Crippen molar-refractivity contribution in [2.45, 2.75) is 13.8 Å². The van der Waals surface area contributed by atoms with E-state index in [1.165, 1.54) is 0 Å². The maximum atomic E-state index is 6.21. The number of aromatic nitrogens is 2. The van der Waals surface area contributed by atoms with Crippen LogP contribution in [0, 0.1) is 13.8 Å². The van der Waals surface area contributed by atoms with Crippen LogP contribution in [0.3, 0.4) is 0 Å². The van der Waals surface area contributed by atoms with Gasteiger partial charge in [0.25, 0.3) is 0 Å². The molecule has 0 bridgehead atoms. The summed E-state index contributed by atoms with van der Waals surface area (Å²) in [6.45, 7) is 3.99. The van der Waals surface area contributed by atoms with Crippen molar-refractivity contribution in [2.75, 3.05) is 0 Å². The summed E-state index contributed by atoms with van der Waals surface area (Å²) in [6.07, 6.45) is 0. The summed E-state index contributed by atoms with van der Waals surface area (Å²) < 4.78 is 0. The molecule has 0 aliphatic rings. The zero-order valence-corrected chi connectivity index (χ0v) is 12.1. The first kappa shape index (κ1) is 12.5. The highest BCUT2D eigenvalue weighted by Gasteiger charge is 2.09. The van der Waals surface area contributed by atoms with Crippen LogP contribution < -0.4 is 0 Å². The molecular formula is C15H12Cl2N2. The van der Waals surface area contributed by atoms with Crippen LogP contribution in [0.1, 0.15) is 11.1 Å². The number of hydrogen-bond donors (Lipinski definition) is 1. The van der Waals surface area contributed by atoms with E-state index in [2.05, 4.69) is 9.97 Å². The molecular weight excluding hydrogens is 279 g/mol. The van der Waals surface area contributed by atoms with Crippen molar-refractivity contribution in [1.82, 2.24) is 9.97 Å². The number of hydrogen-bond acceptors (Lipinski definition) is 1. The van der Waals surface area contributed by atoms with Gasteiger partial charge in [-0.15, -0.1) is 0 Å². The second kappa shape index (κ2) is 4.55. The van der Waals surface area contributed by atoms with E-state index < -0.39 is 0 Å². The van der Waals surface area contributed by atoms with Gasteiger partial charge >= 0.3 is 0 Å². The van der Waals surface area contributed by atoms with E-state index in [0.717, 1.165) is 38.6 Å². The molecule has 3 aromatic rings. The fraction of sp³-hybridized carbons (Fsp3) is 0.133. The Balaban J connectivity index is 2.20. The molecule has 1 aromatic heterocycles. The molecule has 0 aliphatic carbocycles. The molecule has 0 radical (unpaired) electrons. The molecule has 1 heterocycles. The predicted molar refractivity (Wildman–Crippen MR) is 81.0 cm³/mol. The Labute approximate surface area is 121 Å². The smallest absolute Gasteiger partial charge is 0.138 e. The van der Waals surface area contributed by atoms with Crippen LogP contribution >= 0.6 is 23.2 Å². The normalized spacial score (nSPS) is 11.2. The summed E-state index contributed by atoms with van der Waals surface area (Å²) in [5.41, 5.74) is 4.85. The molecule has 0 fully saturated rings. The lowest BCUT2D eigenvalue weighted by Gasteiger charge is -2.00. The van der Waals surface area contributed by atoms with E-state index >= 15 is 0 Å². The van der Waals surface area contributed by atoms with Crippen LogP contribution in [0.15, 0.2) is 30.3 Å². The first-order valence-electron chi connectivity index (χ1n) is 5.97. The maximum absolute atomic E-state index is 6.21. The number of aryl methyl sites for hydroxylation is 2. The number of aromatic amines is 1. The van der Waals surface area contributed by atoms with Crippen LogP contribution in [0.2, 0.25) is 10.0 Å². The second-order valence-electron chi connectivity index (χ2n) is 4.69. The van der Waals surface area contributed by atoms with Crippen molar-refractivity contribution in [3.63, 3.8) is 0 Å². The van der Waals surface area contributed by atoms with Crippen molar-refractivity contribution in [3.8, 4) is 11.4 Å². The van der Waals surface area contributed by atoms with Gasteiger partial charge in [-0.1, -0.05) is 35.3 Å². The summed E-state index contributed by atoms with van der Waals surface area (Å²) in [6, 6.07) is 9.84. The Kier molecular flexibility index (Phi) is 3.00. The first-order chi connectivity index (χ1) is 9.04. The largest absolute Gasteiger partial charge is 0.338 e. The lowest BCUT2D eigenvalue weighted by molar-refractivity contribution is 1.33. The number of imidazole rings is 1. The third kappa shape index (κ3) is 2.22. The zero-order chi connectivity index (χ0) is 13.6. The van der Waals surface area contributed by atoms with Gasteiger partial charge in [0.2, 0.25) is 0 Å². The highest BCUT2D eigenvalue weighted by molar-refractivity contribution is 6.35. The Bertz CT molecular complexity index is 775. The average molecular weight is 291 g/mol. The van der Waals surface area contributed by atoms with E-state index in [1.54, 1.807) is 0 Å². The Morgan fingerprint density at radius 2 is 1.79 bits per heavy atom. The molecule has 0 saturated carbocycles. The summed E-state index contributed by atoms with van der Waals surface area (Å²) in [5, 5.41) is 1.40. The number of halogens is 2. The van der Waals surface area contributed by atoms with Crippen LogP contribution in [0.5, 0.6) is 0 Å². The van der Waals surface area contributed by atoms with E-state index in [1.807, 2.05) is 44.2 Å². The van der Waals surface area contributed by atoms with Gasteiger partial charge in [0, 0.05) is 10.6 Å². The fourth-order valence-corrected chi connectivity index (χ4v) is 2.58. The highest BCUT2D eigenvalue weighted by Crippen LogP contribution is 2.28. The van der Waals surface area contributed by atoms with Crippen molar-refractivity contribution < 1.29 is 0 Å². The van der Waals surface area contributed by atoms with Crippen molar-refractivity contribution in [3.05, 3.63) is 51.5 Å². The summed E-state index contributed by atoms with van der Waals surface area (Å²) in [5.74, 6) is 0.782. The van der Waals surface area contributed by atoms with Crippen molar-refractivity contribution in [2.24, 2.45) is 0 Å². The number of nitrogens with one attached hydrogen (secondary N) is 1. The topological polar surface area (TPSA) is 28.7 Å². The number of rotatable bonds is 1. The quantitative estimate of drug-likeness (QED) is 0.659. The number of fused-ring (bicyclic) bond motifs is 1. The maximum Gasteiger partial charge on any atom is 0.138 e. The standard InChI is InChI=1S/C15H12Cl2N2/c1-8-5-12(17)14-13(6-8)18-15(19-14)10-4-3-9(2)11(16)7-10/h3-7H,1-2H3,(H,18,19). The van der Waals surface area contributed by atoms with Gasteiger partial charge in [0.1, 0.15) is 11.3 Å². The minimum Gasteiger partial charge on any atom is -0.338 e. The monoisotopic (exact) mass is 290 g/mol. The van der Waals surface area contributed by atoms with Crippen LogP contribution in [0.25, 0.3) is 22.4 Å². The highest BCUT2D eigenvalue weighted by atomic mass is 35.5. The molecule has 19 heavy (non-hydrogen) atoms. The number of nitrogens with zero attached hydrogens (tertiary/aromatic N) is 1. The van der Waals surface area contributed by atoms with Crippen LogP contribution in [-0.4, -0.2) is 9.97 Å². The zero-order valence-electron chi connectivity index (χ0n) is 10.6. The molecule has 96 valence electrons.